The predicted molar refractivity (Wildman–Crippen MR) is 116 cm³/mol. The van der Waals surface area contributed by atoms with E-state index in [0.29, 0.717) is 11.3 Å². The molecule has 0 bridgehead atoms. The Morgan fingerprint density at radius 1 is 0.963 bits per heavy atom. The van der Waals surface area contributed by atoms with E-state index in [0.717, 1.165) is 21.2 Å². The molecule has 0 radical (unpaired) electrons. The van der Waals surface area contributed by atoms with Crippen LogP contribution in [0.1, 0.15) is 81.6 Å². The van der Waals surface area contributed by atoms with Crippen LogP contribution in [0.3, 0.4) is 0 Å². The number of phenols is 1. The molecule has 0 spiro atoms. The zero-order chi connectivity index (χ0) is 20.6. The molecule has 0 saturated carbocycles. The van der Waals surface area contributed by atoms with Gasteiger partial charge < -0.3 is 10.4 Å². The van der Waals surface area contributed by atoms with Gasteiger partial charge in [-0.05, 0) is 70.8 Å². The van der Waals surface area contributed by atoms with E-state index in [9.17, 15) is 9.90 Å². The van der Waals surface area contributed by atoms with Crippen molar-refractivity contribution >= 4 is 21.8 Å². The minimum absolute atomic E-state index is 0.113. The minimum atomic E-state index is -0.199. The Labute approximate surface area is 171 Å². The number of rotatable bonds is 3. The number of phenolic OH excluding ortho intramolecular Hbond substituents is 1. The molecule has 2 aromatic rings. The molecule has 0 fully saturated rings. The summed E-state index contributed by atoms with van der Waals surface area (Å²) in [5.74, 6) is 0.239. The Bertz CT molecular complexity index is 792. The summed E-state index contributed by atoms with van der Waals surface area (Å²) in [6, 6.07) is 11.2. The number of carbonyl (C=O) groups excluding carboxylic acids is 1. The molecule has 1 amide bonds. The molecule has 1 unspecified atom stereocenters. The molecule has 0 aliphatic heterocycles. The van der Waals surface area contributed by atoms with Crippen molar-refractivity contribution in [1.29, 1.82) is 0 Å². The van der Waals surface area contributed by atoms with Crippen LogP contribution in [0.15, 0.2) is 40.9 Å². The van der Waals surface area contributed by atoms with Gasteiger partial charge in [-0.2, -0.15) is 0 Å². The molecule has 0 aromatic heterocycles. The second-order valence-electron chi connectivity index (χ2n) is 9.17. The Hall–Kier alpha value is -1.81. The monoisotopic (exact) mass is 431 g/mol. The highest BCUT2D eigenvalue weighted by atomic mass is 79.9. The second-order valence-corrected chi connectivity index (χ2v) is 10.1. The van der Waals surface area contributed by atoms with Gasteiger partial charge in [0.15, 0.2) is 0 Å². The highest BCUT2D eigenvalue weighted by molar-refractivity contribution is 9.10. The summed E-state index contributed by atoms with van der Waals surface area (Å²) < 4.78 is 0.940. The molecule has 2 rings (SSSR count). The Morgan fingerprint density at radius 3 is 1.81 bits per heavy atom. The molecule has 27 heavy (non-hydrogen) atoms. The quantitative estimate of drug-likeness (QED) is 0.603. The van der Waals surface area contributed by atoms with Gasteiger partial charge in [-0.3, -0.25) is 4.79 Å². The van der Waals surface area contributed by atoms with Crippen LogP contribution < -0.4 is 5.32 Å². The molecule has 0 aliphatic rings. The molecule has 4 heteroatoms. The van der Waals surface area contributed by atoms with Crippen LogP contribution in [-0.2, 0) is 10.8 Å². The highest BCUT2D eigenvalue weighted by Crippen LogP contribution is 2.40. The average molecular weight is 432 g/mol. The number of hydrogen-bond acceptors (Lipinski definition) is 2. The van der Waals surface area contributed by atoms with Gasteiger partial charge in [-0.25, -0.2) is 0 Å². The third-order valence-electron chi connectivity index (χ3n) is 4.70. The summed E-state index contributed by atoms with van der Waals surface area (Å²) in [6.07, 6.45) is 0. The van der Waals surface area contributed by atoms with Crippen molar-refractivity contribution in [3.8, 4) is 5.75 Å². The number of benzene rings is 2. The molecule has 0 saturated heterocycles. The fourth-order valence-electron chi connectivity index (χ4n) is 3.01. The molecule has 1 atom stereocenters. The van der Waals surface area contributed by atoms with Crippen molar-refractivity contribution in [2.24, 2.45) is 0 Å². The standard InChI is InChI=1S/C23H30BrNO2/c1-14(25-21(27)15-8-10-17(24)11-9-15)16-12-18(22(2,3)4)20(26)19(13-16)23(5,6)7/h8-14,26H,1-7H3,(H,25,27). The van der Waals surface area contributed by atoms with E-state index in [4.69, 9.17) is 0 Å². The summed E-state index contributed by atoms with van der Waals surface area (Å²) in [7, 11) is 0. The number of halogens is 1. The van der Waals surface area contributed by atoms with E-state index in [1.165, 1.54) is 0 Å². The van der Waals surface area contributed by atoms with E-state index in [-0.39, 0.29) is 22.8 Å². The summed E-state index contributed by atoms with van der Waals surface area (Å²) in [5.41, 5.74) is 3.01. The van der Waals surface area contributed by atoms with Gasteiger partial charge in [-0.1, -0.05) is 57.5 Å². The molecule has 3 nitrogen and oxygen atoms in total. The zero-order valence-electron chi connectivity index (χ0n) is 17.3. The van der Waals surface area contributed by atoms with Crippen LogP contribution in [0.2, 0.25) is 0 Å². The number of amides is 1. The van der Waals surface area contributed by atoms with Gasteiger partial charge >= 0.3 is 0 Å². The summed E-state index contributed by atoms with van der Waals surface area (Å²) in [5, 5.41) is 13.9. The maximum Gasteiger partial charge on any atom is 0.251 e. The smallest absolute Gasteiger partial charge is 0.251 e. The maximum atomic E-state index is 12.6. The van der Waals surface area contributed by atoms with E-state index < -0.39 is 0 Å². The van der Waals surface area contributed by atoms with Gasteiger partial charge in [0.05, 0.1) is 6.04 Å². The molecular weight excluding hydrogens is 402 g/mol. The molecule has 146 valence electrons. The van der Waals surface area contributed by atoms with Gasteiger partial charge in [-0.15, -0.1) is 0 Å². The van der Waals surface area contributed by atoms with Crippen molar-refractivity contribution in [2.45, 2.75) is 65.3 Å². The van der Waals surface area contributed by atoms with Gasteiger partial charge in [0.25, 0.3) is 5.91 Å². The molecule has 0 heterocycles. The first kappa shape index (κ1) is 21.5. The number of carbonyl (C=O) groups is 1. The van der Waals surface area contributed by atoms with Crippen LogP contribution >= 0.6 is 15.9 Å². The zero-order valence-corrected chi connectivity index (χ0v) is 18.9. The summed E-state index contributed by atoms with van der Waals surface area (Å²) >= 11 is 3.39. The first-order valence-electron chi connectivity index (χ1n) is 9.25. The number of hydrogen-bond donors (Lipinski definition) is 2. The van der Waals surface area contributed by atoms with Crippen molar-refractivity contribution in [2.75, 3.05) is 0 Å². The third kappa shape index (κ3) is 5.13. The Kier molecular flexibility index (Phi) is 6.10. The predicted octanol–water partition coefficient (Wildman–Crippen LogP) is 6.24. The van der Waals surface area contributed by atoms with Gasteiger partial charge in [0, 0.05) is 10.0 Å². The molecule has 0 aliphatic carbocycles. The molecule has 2 aromatic carbocycles. The largest absolute Gasteiger partial charge is 0.507 e. The topological polar surface area (TPSA) is 49.3 Å². The fraction of sp³-hybridized carbons (Fsp3) is 0.435. The summed E-state index contributed by atoms with van der Waals surface area (Å²) in [6.45, 7) is 14.5. The van der Waals surface area contributed by atoms with Crippen LogP contribution in [0.4, 0.5) is 0 Å². The van der Waals surface area contributed by atoms with E-state index >= 15 is 0 Å². The van der Waals surface area contributed by atoms with Crippen LogP contribution in [0, 0.1) is 0 Å². The van der Waals surface area contributed by atoms with E-state index in [1.54, 1.807) is 12.1 Å². The van der Waals surface area contributed by atoms with E-state index in [1.807, 2.05) is 31.2 Å². The Balaban J connectivity index is 2.41. The van der Waals surface area contributed by atoms with Crippen LogP contribution in [0.5, 0.6) is 5.75 Å². The molecular formula is C23H30BrNO2. The number of nitrogens with one attached hydrogen (secondary N) is 1. The maximum absolute atomic E-state index is 12.6. The van der Waals surface area contributed by atoms with Crippen LogP contribution in [0.25, 0.3) is 0 Å². The first-order valence-corrected chi connectivity index (χ1v) is 10.0. The average Bonchev–Trinajstić information content (AvgIpc) is 2.53. The van der Waals surface area contributed by atoms with E-state index in [2.05, 4.69) is 62.8 Å². The van der Waals surface area contributed by atoms with Crippen molar-refractivity contribution in [3.63, 3.8) is 0 Å². The fourth-order valence-corrected chi connectivity index (χ4v) is 3.28. The minimum Gasteiger partial charge on any atom is -0.507 e. The lowest BCUT2D eigenvalue weighted by Gasteiger charge is -2.29. The lowest BCUT2D eigenvalue weighted by molar-refractivity contribution is 0.0940. The first-order chi connectivity index (χ1) is 12.3. The lowest BCUT2D eigenvalue weighted by Crippen LogP contribution is -2.27. The van der Waals surface area contributed by atoms with Crippen LogP contribution in [-0.4, -0.2) is 11.0 Å². The summed E-state index contributed by atoms with van der Waals surface area (Å²) in [4.78, 5) is 12.6. The van der Waals surface area contributed by atoms with Crippen molar-refractivity contribution in [3.05, 3.63) is 63.1 Å². The van der Waals surface area contributed by atoms with Crippen molar-refractivity contribution < 1.29 is 9.90 Å². The SMILES string of the molecule is CC(NC(=O)c1ccc(Br)cc1)c1cc(C(C)(C)C)c(O)c(C(C)(C)C)c1. The number of aromatic hydroxyl groups is 1. The highest BCUT2D eigenvalue weighted by Gasteiger charge is 2.27. The second kappa shape index (κ2) is 7.67. The normalized spacial score (nSPS) is 13.3. The van der Waals surface area contributed by atoms with Gasteiger partial charge in [0.2, 0.25) is 0 Å². The molecule has 2 N–H and O–H groups in total. The van der Waals surface area contributed by atoms with Crippen molar-refractivity contribution in [1.82, 2.24) is 5.32 Å². The third-order valence-corrected chi connectivity index (χ3v) is 5.23. The Morgan fingerprint density at radius 2 is 1.41 bits per heavy atom. The van der Waals surface area contributed by atoms with Gasteiger partial charge in [0.1, 0.15) is 5.75 Å². The lowest BCUT2D eigenvalue weighted by atomic mass is 9.78.